The van der Waals surface area contributed by atoms with Gasteiger partial charge < -0.3 is 9.64 Å². The summed E-state index contributed by atoms with van der Waals surface area (Å²) in [6.45, 7) is 5.93. The summed E-state index contributed by atoms with van der Waals surface area (Å²) in [6, 6.07) is 0. The lowest BCUT2D eigenvalue weighted by Crippen LogP contribution is -2.51. The Balaban J connectivity index is 1.77. The molecule has 0 bridgehead atoms. The Morgan fingerprint density at radius 2 is 2.06 bits per heavy atom. The molecule has 0 spiro atoms. The van der Waals surface area contributed by atoms with Gasteiger partial charge in [-0.15, -0.1) is 11.6 Å². The van der Waals surface area contributed by atoms with Crippen molar-refractivity contribution in [2.75, 3.05) is 51.8 Å². The predicted molar refractivity (Wildman–Crippen MR) is 67.3 cm³/mol. The van der Waals surface area contributed by atoms with Gasteiger partial charge in [0, 0.05) is 45.2 Å². The van der Waals surface area contributed by atoms with Crippen molar-refractivity contribution in [2.45, 2.75) is 12.8 Å². The standard InChI is InChI=1S/C12H21ClN2O2/c13-3-4-14-5-7-15(8-6-14)12(16)11-2-1-9-17-10-11/h11H,1-10H2. The lowest BCUT2D eigenvalue weighted by molar-refractivity contribution is -0.141. The van der Waals surface area contributed by atoms with Crippen LogP contribution in [0.5, 0.6) is 0 Å². The molecule has 0 N–H and O–H groups in total. The number of amides is 1. The number of halogens is 1. The largest absolute Gasteiger partial charge is 0.381 e. The van der Waals surface area contributed by atoms with E-state index in [1.54, 1.807) is 0 Å². The molecule has 4 nitrogen and oxygen atoms in total. The van der Waals surface area contributed by atoms with Gasteiger partial charge in [0.2, 0.25) is 5.91 Å². The number of carbonyl (C=O) groups is 1. The topological polar surface area (TPSA) is 32.8 Å². The third-order valence-corrected chi connectivity index (χ3v) is 3.76. The zero-order valence-corrected chi connectivity index (χ0v) is 11.0. The van der Waals surface area contributed by atoms with E-state index in [2.05, 4.69) is 4.90 Å². The summed E-state index contributed by atoms with van der Waals surface area (Å²) in [6.07, 6.45) is 2.00. The first-order valence-corrected chi connectivity index (χ1v) is 6.99. The first kappa shape index (κ1) is 13.1. The molecule has 1 unspecified atom stereocenters. The summed E-state index contributed by atoms with van der Waals surface area (Å²) in [5.74, 6) is 1.06. The Morgan fingerprint density at radius 3 is 2.65 bits per heavy atom. The van der Waals surface area contributed by atoms with Crippen LogP contribution in [0.15, 0.2) is 0 Å². The number of rotatable bonds is 3. The molecule has 2 rings (SSSR count). The first-order valence-electron chi connectivity index (χ1n) is 6.46. The Morgan fingerprint density at radius 1 is 1.29 bits per heavy atom. The van der Waals surface area contributed by atoms with E-state index in [4.69, 9.17) is 16.3 Å². The summed E-state index contributed by atoms with van der Waals surface area (Å²) in [5, 5.41) is 0. The molecule has 2 heterocycles. The highest BCUT2D eigenvalue weighted by atomic mass is 35.5. The molecule has 1 atom stereocenters. The van der Waals surface area contributed by atoms with Crippen molar-refractivity contribution < 1.29 is 9.53 Å². The molecule has 0 radical (unpaired) electrons. The molecule has 0 aromatic rings. The Kier molecular flexibility index (Phi) is 5.07. The van der Waals surface area contributed by atoms with Gasteiger partial charge in [-0.05, 0) is 12.8 Å². The van der Waals surface area contributed by atoms with Gasteiger partial charge in [-0.1, -0.05) is 0 Å². The first-order chi connectivity index (χ1) is 8.31. The normalized spacial score (nSPS) is 27.1. The van der Waals surface area contributed by atoms with Gasteiger partial charge in [-0.25, -0.2) is 0 Å². The number of ether oxygens (including phenoxy) is 1. The average Bonchev–Trinajstić information content (AvgIpc) is 2.40. The van der Waals surface area contributed by atoms with Crippen molar-refractivity contribution >= 4 is 17.5 Å². The van der Waals surface area contributed by atoms with Crippen molar-refractivity contribution in [1.82, 2.24) is 9.80 Å². The van der Waals surface area contributed by atoms with Crippen LogP contribution in [0.4, 0.5) is 0 Å². The molecule has 0 aromatic heterocycles. The van der Waals surface area contributed by atoms with Crippen LogP contribution in [-0.2, 0) is 9.53 Å². The monoisotopic (exact) mass is 260 g/mol. The van der Waals surface area contributed by atoms with Crippen molar-refractivity contribution in [3.8, 4) is 0 Å². The van der Waals surface area contributed by atoms with Gasteiger partial charge in [0.25, 0.3) is 0 Å². The quantitative estimate of drug-likeness (QED) is 0.704. The van der Waals surface area contributed by atoms with Crippen molar-refractivity contribution in [3.05, 3.63) is 0 Å². The number of hydrogen-bond acceptors (Lipinski definition) is 3. The van der Waals surface area contributed by atoms with Crippen LogP contribution < -0.4 is 0 Å². The number of piperazine rings is 1. The second kappa shape index (κ2) is 6.57. The fourth-order valence-corrected chi connectivity index (χ4v) is 2.74. The minimum Gasteiger partial charge on any atom is -0.381 e. The maximum atomic E-state index is 12.2. The molecule has 0 saturated carbocycles. The van der Waals surface area contributed by atoms with Crippen LogP contribution in [0.3, 0.4) is 0 Å². The summed E-state index contributed by atoms with van der Waals surface area (Å²) >= 11 is 5.72. The van der Waals surface area contributed by atoms with Crippen molar-refractivity contribution in [1.29, 1.82) is 0 Å². The van der Waals surface area contributed by atoms with Gasteiger partial charge in [-0.2, -0.15) is 0 Å². The Labute approximate surface area is 108 Å². The van der Waals surface area contributed by atoms with Crippen LogP contribution in [-0.4, -0.2) is 67.5 Å². The average molecular weight is 261 g/mol. The smallest absolute Gasteiger partial charge is 0.228 e. The lowest BCUT2D eigenvalue weighted by Gasteiger charge is -2.36. The minimum absolute atomic E-state index is 0.100. The molecule has 5 heteroatoms. The van der Waals surface area contributed by atoms with Crippen molar-refractivity contribution in [2.24, 2.45) is 5.92 Å². The van der Waals surface area contributed by atoms with Crippen LogP contribution in [0, 0.1) is 5.92 Å². The van der Waals surface area contributed by atoms with E-state index in [0.29, 0.717) is 12.5 Å². The molecule has 2 fully saturated rings. The number of carbonyl (C=O) groups excluding carboxylic acids is 1. The summed E-state index contributed by atoms with van der Waals surface area (Å²) in [5.41, 5.74) is 0. The van der Waals surface area contributed by atoms with Gasteiger partial charge in [-0.3, -0.25) is 9.69 Å². The molecule has 0 aliphatic carbocycles. The number of nitrogens with zero attached hydrogens (tertiary/aromatic N) is 2. The van der Waals surface area contributed by atoms with Crippen molar-refractivity contribution in [3.63, 3.8) is 0 Å². The Hall–Kier alpha value is -0.320. The van der Waals surface area contributed by atoms with Crippen LogP contribution in [0.1, 0.15) is 12.8 Å². The van der Waals surface area contributed by atoms with E-state index in [1.165, 1.54) is 0 Å². The van der Waals surface area contributed by atoms with Gasteiger partial charge in [0.05, 0.1) is 12.5 Å². The number of alkyl halides is 1. The van der Waals surface area contributed by atoms with Crippen LogP contribution >= 0.6 is 11.6 Å². The molecule has 98 valence electrons. The fraction of sp³-hybridized carbons (Fsp3) is 0.917. The van der Waals surface area contributed by atoms with Crippen LogP contribution in [0.25, 0.3) is 0 Å². The van der Waals surface area contributed by atoms with Gasteiger partial charge in [0.15, 0.2) is 0 Å². The highest BCUT2D eigenvalue weighted by Crippen LogP contribution is 2.17. The van der Waals surface area contributed by atoms with E-state index < -0.39 is 0 Å². The summed E-state index contributed by atoms with van der Waals surface area (Å²) in [4.78, 5) is 16.5. The zero-order chi connectivity index (χ0) is 12.1. The van der Waals surface area contributed by atoms with Gasteiger partial charge >= 0.3 is 0 Å². The van der Waals surface area contributed by atoms with E-state index in [0.717, 1.165) is 52.2 Å². The highest BCUT2D eigenvalue weighted by Gasteiger charge is 2.28. The van der Waals surface area contributed by atoms with E-state index in [9.17, 15) is 4.79 Å². The van der Waals surface area contributed by atoms with E-state index in [-0.39, 0.29) is 11.8 Å². The molecule has 2 saturated heterocycles. The zero-order valence-electron chi connectivity index (χ0n) is 10.2. The maximum absolute atomic E-state index is 12.2. The SMILES string of the molecule is O=C(C1CCCOC1)N1CCN(CCCl)CC1. The molecule has 1 amide bonds. The highest BCUT2D eigenvalue weighted by molar-refractivity contribution is 6.18. The molecule has 2 aliphatic rings. The Bertz CT molecular complexity index is 249. The van der Waals surface area contributed by atoms with E-state index >= 15 is 0 Å². The van der Waals surface area contributed by atoms with Gasteiger partial charge in [0.1, 0.15) is 0 Å². The minimum atomic E-state index is 0.100. The summed E-state index contributed by atoms with van der Waals surface area (Å²) < 4.78 is 5.38. The molecular formula is C12H21ClN2O2. The fourth-order valence-electron chi connectivity index (χ4n) is 2.51. The number of hydrogen-bond donors (Lipinski definition) is 0. The summed E-state index contributed by atoms with van der Waals surface area (Å²) in [7, 11) is 0. The van der Waals surface area contributed by atoms with Crippen LogP contribution in [0.2, 0.25) is 0 Å². The maximum Gasteiger partial charge on any atom is 0.228 e. The second-order valence-electron chi connectivity index (χ2n) is 4.77. The third kappa shape index (κ3) is 3.57. The molecule has 2 aliphatic heterocycles. The second-order valence-corrected chi connectivity index (χ2v) is 5.15. The van der Waals surface area contributed by atoms with E-state index in [1.807, 2.05) is 4.90 Å². The third-order valence-electron chi connectivity index (χ3n) is 3.59. The lowest BCUT2D eigenvalue weighted by atomic mass is 10.0. The molecular weight excluding hydrogens is 240 g/mol. The predicted octanol–water partition coefficient (Wildman–Crippen LogP) is 0.796. The molecule has 0 aromatic carbocycles. The molecule has 17 heavy (non-hydrogen) atoms.